The third-order valence-corrected chi connectivity index (χ3v) is 4.17. The molecule has 1 aliphatic heterocycles. The van der Waals surface area contributed by atoms with E-state index in [0.717, 1.165) is 32.1 Å². The van der Waals surface area contributed by atoms with Crippen LogP contribution in [0, 0.1) is 0 Å². The van der Waals surface area contributed by atoms with Gasteiger partial charge in [-0.1, -0.05) is 56.2 Å². The Morgan fingerprint density at radius 2 is 1.67 bits per heavy atom. The Morgan fingerprint density at radius 1 is 0.958 bits per heavy atom. The van der Waals surface area contributed by atoms with Crippen molar-refractivity contribution < 1.29 is 14.3 Å². The molecule has 0 aromatic heterocycles. The molecule has 0 radical (unpaired) electrons. The van der Waals surface area contributed by atoms with Gasteiger partial charge in [0.2, 0.25) is 0 Å². The number of rotatable bonds is 14. The molecule has 0 bridgehead atoms. The van der Waals surface area contributed by atoms with Crippen LogP contribution in [0.25, 0.3) is 0 Å². The van der Waals surface area contributed by atoms with E-state index in [2.05, 4.69) is 48.1 Å². The number of epoxide rings is 1. The van der Waals surface area contributed by atoms with Gasteiger partial charge in [0, 0.05) is 6.42 Å². The normalized spacial score (nSPS) is 20.4. The van der Waals surface area contributed by atoms with E-state index >= 15 is 0 Å². The highest BCUT2D eigenvalue weighted by Gasteiger charge is 2.36. The van der Waals surface area contributed by atoms with Gasteiger partial charge in [-0.2, -0.15) is 0 Å². The van der Waals surface area contributed by atoms with E-state index in [9.17, 15) is 4.79 Å². The molecule has 3 nitrogen and oxygen atoms in total. The van der Waals surface area contributed by atoms with Crippen molar-refractivity contribution in [2.24, 2.45) is 0 Å². The SMILES string of the molecule is CCCCC/C=C/C/C=C/C/C=C/C[C@@H]1O[C@@H]1CCCC(=O)OC. The van der Waals surface area contributed by atoms with Crippen molar-refractivity contribution in [3.8, 4) is 0 Å². The summed E-state index contributed by atoms with van der Waals surface area (Å²) in [5, 5.41) is 0. The molecule has 1 fully saturated rings. The average molecular weight is 335 g/mol. The number of carbonyl (C=O) groups is 1. The summed E-state index contributed by atoms with van der Waals surface area (Å²) in [6.45, 7) is 2.24. The second kappa shape index (κ2) is 14.0. The minimum absolute atomic E-state index is 0.130. The lowest BCUT2D eigenvalue weighted by Crippen LogP contribution is -2.01. The minimum Gasteiger partial charge on any atom is -0.469 e. The molecule has 0 N–H and O–H groups in total. The fourth-order valence-corrected chi connectivity index (χ4v) is 2.59. The first-order chi connectivity index (χ1) is 11.8. The van der Waals surface area contributed by atoms with Crippen LogP contribution < -0.4 is 0 Å². The summed E-state index contributed by atoms with van der Waals surface area (Å²) in [5.74, 6) is -0.130. The minimum atomic E-state index is -0.130. The molecule has 0 aromatic rings. The summed E-state index contributed by atoms with van der Waals surface area (Å²) >= 11 is 0. The second-order valence-electron chi connectivity index (χ2n) is 6.30. The smallest absolute Gasteiger partial charge is 0.305 e. The van der Waals surface area contributed by atoms with Gasteiger partial charge in [-0.15, -0.1) is 0 Å². The Kier molecular flexibility index (Phi) is 12.1. The van der Waals surface area contributed by atoms with Crippen LogP contribution in [0.1, 0.15) is 71.1 Å². The van der Waals surface area contributed by atoms with Crippen LogP contribution in [-0.2, 0) is 14.3 Å². The fraction of sp³-hybridized carbons (Fsp3) is 0.667. The zero-order valence-electron chi connectivity index (χ0n) is 15.4. The zero-order valence-corrected chi connectivity index (χ0v) is 15.4. The molecular weight excluding hydrogens is 300 g/mol. The first kappa shape index (κ1) is 20.7. The number of unbranched alkanes of at least 4 members (excludes halogenated alkanes) is 3. The lowest BCUT2D eigenvalue weighted by molar-refractivity contribution is -0.140. The van der Waals surface area contributed by atoms with Gasteiger partial charge >= 0.3 is 5.97 Å². The molecule has 1 saturated heterocycles. The third-order valence-electron chi connectivity index (χ3n) is 4.17. The zero-order chi connectivity index (χ0) is 17.5. The van der Waals surface area contributed by atoms with E-state index in [-0.39, 0.29) is 5.97 Å². The largest absolute Gasteiger partial charge is 0.469 e. The van der Waals surface area contributed by atoms with Gasteiger partial charge in [0.05, 0.1) is 19.3 Å². The summed E-state index contributed by atoms with van der Waals surface area (Å²) in [6.07, 6.45) is 24.6. The van der Waals surface area contributed by atoms with Crippen LogP contribution in [0.2, 0.25) is 0 Å². The van der Waals surface area contributed by atoms with Crippen LogP contribution >= 0.6 is 0 Å². The maximum absolute atomic E-state index is 11.0. The quantitative estimate of drug-likeness (QED) is 0.182. The molecule has 0 amide bonds. The van der Waals surface area contributed by atoms with Crippen molar-refractivity contribution >= 4 is 5.97 Å². The Balaban J connectivity index is 1.92. The maximum atomic E-state index is 11.0. The van der Waals surface area contributed by atoms with E-state index in [1.807, 2.05) is 0 Å². The van der Waals surface area contributed by atoms with E-state index in [0.29, 0.717) is 18.6 Å². The number of esters is 1. The van der Waals surface area contributed by atoms with Gasteiger partial charge in [0.15, 0.2) is 0 Å². The van der Waals surface area contributed by atoms with Gasteiger partial charge in [-0.25, -0.2) is 0 Å². The van der Waals surface area contributed by atoms with Crippen LogP contribution in [0.4, 0.5) is 0 Å². The third kappa shape index (κ3) is 11.2. The molecule has 0 saturated carbocycles. The number of ether oxygens (including phenoxy) is 2. The van der Waals surface area contributed by atoms with E-state index in [4.69, 9.17) is 4.74 Å². The lowest BCUT2D eigenvalue weighted by Gasteiger charge is -1.96. The van der Waals surface area contributed by atoms with Crippen molar-refractivity contribution in [1.82, 2.24) is 0 Å². The predicted octanol–water partition coefficient (Wildman–Crippen LogP) is 5.52. The topological polar surface area (TPSA) is 38.8 Å². The highest BCUT2D eigenvalue weighted by molar-refractivity contribution is 5.68. The van der Waals surface area contributed by atoms with Crippen LogP contribution in [0.3, 0.4) is 0 Å². The van der Waals surface area contributed by atoms with Gasteiger partial charge in [0.1, 0.15) is 0 Å². The van der Waals surface area contributed by atoms with Crippen LogP contribution in [-0.4, -0.2) is 25.3 Å². The van der Waals surface area contributed by atoms with Crippen LogP contribution in [0.5, 0.6) is 0 Å². The highest BCUT2D eigenvalue weighted by Crippen LogP contribution is 2.30. The summed E-state index contributed by atoms with van der Waals surface area (Å²) < 4.78 is 10.2. The van der Waals surface area contributed by atoms with E-state index in [1.54, 1.807) is 0 Å². The van der Waals surface area contributed by atoms with Crippen molar-refractivity contribution in [3.05, 3.63) is 36.5 Å². The maximum Gasteiger partial charge on any atom is 0.305 e. The summed E-state index contributed by atoms with van der Waals surface area (Å²) in [5.41, 5.74) is 0. The molecule has 1 rings (SSSR count). The van der Waals surface area contributed by atoms with Crippen molar-refractivity contribution in [1.29, 1.82) is 0 Å². The summed E-state index contributed by atoms with van der Waals surface area (Å²) in [4.78, 5) is 11.0. The lowest BCUT2D eigenvalue weighted by atomic mass is 10.1. The Labute approximate surface area is 147 Å². The molecule has 136 valence electrons. The van der Waals surface area contributed by atoms with Crippen LogP contribution in [0.15, 0.2) is 36.5 Å². The molecule has 2 atom stereocenters. The van der Waals surface area contributed by atoms with Gasteiger partial charge < -0.3 is 9.47 Å². The number of hydrogen-bond acceptors (Lipinski definition) is 3. The number of carbonyl (C=O) groups excluding carboxylic acids is 1. The molecular formula is C21H34O3. The second-order valence-corrected chi connectivity index (χ2v) is 6.30. The van der Waals surface area contributed by atoms with Gasteiger partial charge in [-0.3, -0.25) is 4.79 Å². The fourth-order valence-electron chi connectivity index (χ4n) is 2.59. The molecule has 24 heavy (non-hydrogen) atoms. The Morgan fingerprint density at radius 3 is 2.38 bits per heavy atom. The Hall–Kier alpha value is -1.35. The first-order valence-electron chi connectivity index (χ1n) is 9.45. The van der Waals surface area contributed by atoms with Gasteiger partial charge in [0.25, 0.3) is 0 Å². The van der Waals surface area contributed by atoms with Crippen molar-refractivity contribution in [2.75, 3.05) is 7.11 Å². The standard InChI is InChI=1S/C21H34O3/c1-3-4-5-6-7-8-9-10-11-12-13-14-16-19-20(24-19)17-15-18-21(22)23-2/h7-8,10-11,13-14,19-20H,3-6,9,12,15-18H2,1-2H3/b8-7+,11-10+,14-13+/t19-,20+/m0/s1. The molecule has 0 spiro atoms. The summed E-state index contributed by atoms with van der Waals surface area (Å²) in [6, 6.07) is 0. The van der Waals surface area contributed by atoms with Crippen molar-refractivity contribution in [3.63, 3.8) is 0 Å². The number of hydrogen-bond donors (Lipinski definition) is 0. The average Bonchev–Trinajstić information content (AvgIpc) is 3.34. The molecule has 1 heterocycles. The monoisotopic (exact) mass is 334 g/mol. The summed E-state index contributed by atoms with van der Waals surface area (Å²) in [7, 11) is 1.43. The van der Waals surface area contributed by atoms with Gasteiger partial charge in [-0.05, 0) is 44.9 Å². The molecule has 0 aromatic carbocycles. The highest BCUT2D eigenvalue weighted by atomic mass is 16.6. The van der Waals surface area contributed by atoms with Crippen molar-refractivity contribution in [2.45, 2.75) is 83.3 Å². The number of allylic oxidation sites excluding steroid dienone is 5. The molecule has 0 aliphatic carbocycles. The predicted molar refractivity (Wildman–Crippen MR) is 99.9 cm³/mol. The number of methoxy groups -OCH3 is 1. The van der Waals surface area contributed by atoms with E-state index in [1.165, 1.54) is 32.8 Å². The molecule has 0 unspecified atom stereocenters. The molecule has 1 aliphatic rings. The Bertz CT molecular complexity index is 409. The first-order valence-corrected chi connectivity index (χ1v) is 9.45. The van der Waals surface area contributed by atoms with E-state index < -0.39 is 0 Å². The molecule has 3 heteroatoms.